The Balaban J connectivity index is 1.57. The molecule has 3 aromatic rings. The molecule has 0 radical (unpaired) electrons. The van der Waals surface area contributed by atoms with Crippen molar-refractivity contribution in [1.29, 1.82) is 0 Å². The maximum absolute atomic E-state index is 13.4. The lowest BCUT2D eigenvalue weighted by molar-refractivity contribution is -0.114. The molecule has 3 aromatic carbocycles. The number of carbonyl (C=O) groups excluding carboxylic acids is 1. The van der Waals surface area contributed by atoms with Crippen molar-refractivity contribution in [2.24, 2.45) is 5.10 Å². The first kappa shape index (κ1) is 17.5. The van der Waals surface area contributed by atoms with Crippen LogP contribution in [0, 0.1) is 0 Å². The smallest absolute Gasteiger partial charge is 0.285 e. The summed E-state index contributed by atoms with van der Waals surface area (Å²) in [6.45, 7) is 0. The van der Waals surface area contributed by atoms with Crippen LogP contribution < -0.4 is 5.01 Å². The van der Waals surface area contributed by atoms with E-state index in [0.717, 1.165) is 22.6 Å². The van der Waals surface area contributed by atoms with Gasteiger partial charge in [-0.2, -0.15) is 10.1 Å². The van der Waals surface area contributed by atoms with E-state index in [1.54, 1.807) is 0 Å². The monoisotopic (exact) mass is 396 g/mol. The lowest BCUT2D eigenvalue weighted by Gasteiger charge is -2.11. The molecule has 0 saturated heterocycles. The van der Waals surface area contributed by atoms with Crippen molar-refractivity contribution < 1.29 is 9.53 Å². The third-order valence-corrected chi connectivity index (χ3v) is 5.46. The maximum atomic E-state index is 13.4. The Bertz CT molecular complexity index is 1150. The summed E-state index contributed by atoms with van der Waals surface area (Å²) < 4.78 is 6.11. The van der Waals surface area contributed by atoms with Gasteiger partial charge in [0, 0.05) is 16.5 Å². The summed E-state index contributed by atoms with van der Waals surface area (Å²) in [5.41, 5.74) is 3.66. The van der Waals surface area contributed by atoms with Gasteiger partial charge in [-0.05, 0) is 12.1 Å². The Morgan fingerprint density at radius 1 is 0.759 bits per heavy atom. The van der Waals surface area contributed by atoms with Gasteiger partial charge in [-0.25, -0.2) is 0 Å². The van der Waals surface area contributed by atoms with Gasteiger partial charge in [0.25, 0.3) is 5.91 Å². The number of hydrogen-bond donors (Lipinski definition) is 0. The SMILES string of the molecule is O=C1/C(=C2/OC(c3ccccc3)=CS2)C(c2ccccc2)=NN1c1ccccc1. The number of carbonyl (C=O) groups is 1. The van der Waals surface area contributed by atoms with E-state index in [4.69, 9.17) is 4.74 Å². The van der Waals surface area contributed by atoms with E-state index in [1.807, 2.05) is 96.4 Å². The van der Waals surface area contributed by atoms with E-state index < -0.39 is 0 Å². The topological polar surface area (TPSA) is 41.9 Å². The number of hydrogen-bond acceptors (Lipinski definition) is 4. The van der Waals surface area contributed by atoms with Gasteiger partial charge in [-0.3, -0.25) is 4.79 Å². The average molecular weight is 396 g/mol. The van der Waals surface area contributed by atoms with Crippen LogP contribution >= 0.6 is 11.8 Å². The minimum Gasteiger partial charge on any atom is -0.448 e. The van der Waals surface area contributed by atoms with Crippen molar-refractivity contribution in [3.8, 4) is 0 Å². The highest BCUT2D eigenvalue weighted by Gasteiger charge is 2.37. The van der Waals surface area contributed by atoms with Gasteiger partial charge in [0.1, 0.15) is 17.0 Å². The van der Waals surface area contributed by atoms with Crippen molar-refractivity contribution in [2.75, 3.05) is 5.01 Å². The molecule has 2 aliphatic rings. The minimum atomic E-state index is -0.194. The highest BCUT2D eigenvalue weighted by Crippen LogP contribution is 2.41. The summed E-state index contributed by atoms with van der Waals surface area (Å²) in [5, 5.41) is 8.58. The summed E-state index contributed by atoms with van der Waals surface area (Å²) >= 11 is 1.41. The standard InChI is InChI=1S/C24H16N2O2S/c27-23-21(24-28-20(16-29-24)17-10-4-1-5-11-17)22(18-12-6-2-7-13-18)25-26(23)19-14-8-3-9-15-19/h1-16H/b24-21-. The van der Waals surface area contributed by atoms with Crippen molar-refractivity contribution in [1.82, 2.24) is 0 Å². The van der Waals surface area contributed by atoms with Crippen molar-refractivity contribution in [2.45, 2.75) is 0 Å². The molecule has 29 heavy (non-hydrogen) atoms. The molecule has 0 fully saturated rings. The predicted octanol–water partition coefficient (Wildman–Crippen LogP) is 5.41. The molecule has 0 N–H and O–H groups in total. The van der Waals surface area contributed by atoms with Crippen LogP contribution in [0.15, 0.2) is 112 Å². The van der Waals surface area contributed by atoms with E-state index in [2.05, 4.69) is 5.10 Å². The van der Waals surface area contributed by atoms with Crippen LogP contribution in [0.5, 0.6) is 0 Å². The van der Waals surface area contributed by atoms with Crippen LogP contribution in [-0.2, 0) is 9.53 Å². The third-order valence-electron chi connectivity index (χ3n) is 4.63. The van der Waals surface area contributed by atoms with E-state index in [9.17, 15) is 4.79 Å². The van der Waals surface area contributed by atoms with Gasteiger partial charge in [0.15, 0.2) is 5.09 Å². The summed E-state index contributed by atoms with van der Waals surface area (Å²) in [6, 6.07) is 29.0. The molecule has 2 heterocycles. The van der Waals surface area contributed by atoms with Crippen molar-refractivity contribution in [3.63, 3.8) is 0 Å². The fourth-order valence-electron chi connectivity index (χ4n) is 3.22. The quantitative estimate of drug-likeness (QED) is 0.556. The third kappa shape index (κ3) is 3.26. The lowest BCUT2D eigenvalue weighted by Crippen LogP contribution is -2.22. The fourth-order valence-corrected chi connectivity index (χ4v) is 4.06. The number of para-hydroxylation sites is 1. The minimum absolute atomic E-state index is 0.194. The molecule has 0 aliphatic carbocycles. The molecule has 2 aliphatic heterocycles. The summed E-state index contributed by atoms with van der Waals surface area (Å²) in [7, 11) is 0. The number of thioether (sulfide) groups is 1. The number of hydrazone groups is 1. The van der Waals surface area contributed by atoms with Crippen molar-refractivity contribution >= 4 is 34.8 Å². The summed E-state index contributed by atoms with van der Waals surface area (Å²) in [6.07, 6.45) is 0. The van der Waals surface area contributed by atoms with Gasteiger partial charge < -0.3 is 4.74 Å². The van der Waals surface area contributed by atoms with E-state index in [-0.39, 0.29) is 5.91 Å². The zero-order valence-corrected chi connectivity index (χ0v) is 16.2. The zero-order chi connectivity index (χ0) is 19.6. The van der Waals surface area contributed by atoms with Gasteiger partial charge in [-0.15, -0.1) is 0 Å². The Morgan fingerprint density at radius 3 is 2.00 bits per heavy atom. The van der Waals surface area contributed by atoms with Gasteiger partial charge in [0.2, 0.25) is 0 Å². The van der Waals surface area contributed by atoms with E-state index in [1.165, 1.54) is 16.8 Å². The lowest BCUT2D eigenvalue weighted by atomic mass is 10.0. The molecule has 0 bridgehead atoms. The number of benzene rings is 3. The second-order valence-electron chi connectivity index (χ2n) is 6.50. The van der Waals surface area contributed by atoms with Gasteiger partial charge >= 0.3 is 0 Å². The first-order chi connectivity index (χ1) is 14.3. The van der Waals surface area contributed by atoms with Gasteiger partial charge in [0.05, 0.1) is 5.69 Å². The summed E-state index contributed by atoms with van der Waals surface area (Å²) in [5.74, 6) is 0.539. The Morgan fingerprint density at radius 2 is 1.34 bits per heavy atom. The molecule has 5 heteroatoms. The number of rotatable bonds is 3. The fraction of sp³-hybridized carbons (Fsp3) is 0. The molecule has 0 unspecified atom stereocenters. The molecule has 0 spiro atoms. The first-order valence-electron chi connectivity index (χ1n) is 9.19. The number of nitrogens with zero attached hydrogens (tertiary/aromatic N) is 2. The first-order valence-corrected chi connectivity index (χ1v) is 10.1. The van der Waals surface area contributed by atoms with Crippen LogP contribution in [0.25, 0.3) is 5.76 Å². The normalized spacial score (nSPS) is 18.5. The molecule has 140 valence electrons. The average Bonchev–Trinajstić information content (AvgIpc) is 3.40. The number of anilines is 1. The van der Waals surface area contributed by atoms with Crippen LogP contribution in [0.1, 0.15) is 11.1 Å². The van der Waals surface area contributed by atoms with Crippen LogP contribution in [0.3, 0.4) is 0 Å². The Kier molecular flexibility index (Phi) is 4.50. The molecule has 1 amide bonds. The highest BCUT2D eigenvalue weighted by atomic mass is 32.2. The molecule has 0 saturated carbocycles. The molecule has 0 aromatic heterocycles. The second-order valence-corrected chi connectivity index (χ2v) is 7.34. The number of amides is 1. The van der Waals surface area contributed by atoms with Crippen molar-refractivity contribution in [3.05, 3.63) is 118 Å². The van der Waals surface area contributed by atoms with E-state index in [0.29, 0.717) is 16.4 Å². The van der Waals surface area contributed by atoms with Gasteiger partial charge in [-0.1, -0.05) is 90.6 Å². The highest BCUT2D eigenvalue weighted by molar-refractivity contribution is 8.06. The van der Waals surface area contributed by atoms with Crippen LogP contribution in [0.4, 0.5) is 5.69 Å². The van der Waals surface area contributed by atoms with Crippen LogP contribution in [0.2, 0.25) is 0 Å². The van der Waals surface area contributed by atoms with Crippen LogP contribution in [-0.4, -0.2) is 11.6 Å². The molecular formula is C24H16N2O2S. The Labute approximate surface area is 172 Å². The summed E-state index contributed by atoms with van der Waals surface area (Å²) in [4.78, 5) is 13.4. The zero-order valence-electron chi connectivity index (χ0n) is 15.4. The largest absolute Gasteiger partial charge is 0.448 e. The second kappa shape index (κ2) is 7.45. The molecular weight excluding hydrogens is 380 g/mol. The Hall–Kier alpha value is -3.57. The van der Waals surface area contributed by atoms with E-state index >= 15 is 0 Å². The molecule has 0 atom stereocenters. The molecule has 4 nitrogen and oxygen atoms in total. The maximum Gasteiger partial charge on any atom is 0.285 e. The predicted molar refractivity (Wildman–Crippen MR) is 117 cm³/mol. The molecule has 5 rings (SSSR count). The number of ether oxygens (including phenoxy) is 1.